The molecule has 1 aliphatic rings. The number of carbonyl (C=O) groups is 3. The van der Waals surface area contributed by atoms with Crippen LogP contribution in [-0.2, 0) is 39.9 Å². The quantitative estimate of drug-likeness (QED) is 0.446. The molecule has 0 saturated carbocycles. The Balaban J connectivity index is 1.79. The molecule has 31 heavy (non-hydrogen) atoms. The number of rotatable bonds is 7. The summed E-state index contributed by atoms with van der Waals surface area (Å²) in [4.78, 5) is 38.8. The topological polar surface area (TPSA) is 141 Å². The van der Waals surface area contributed by atoms with Crippen molar-refractivity contribution in [2.75, 3.05) is 6.61 Å². The van der Waals surface area contributed by atoms with Gasteiger partial charge in [-0.2, -0.15) is 0 Å². The predicted octanol–water partition coefficient (Wildman–Crippen LogP) is 0.576. The van der Waals surface area contributed by atoms with E-state index in [1.807, 2.05) is 0 Å². The van der Waals surface area contributed by atoms with Crippen LogP contribution in [0, 0.1) is 0 Å². The Bertz CT molecular complexity index is 919. The van der Waals surface area contributed by atoms with Crippen LogP contribution in [-0.4, -0.2) is 62.8 Å². The maximum absolute atomic E-state index is 11.7. The number of hydrogen-bond acceptors (Lipinski definition) is 11. The maximum atomic E-state index is 11.7. The summed E-state index contributed by atoms with van der Waals surface area (Å²) < 4.78 is 28.5. The van der Waals surface area contributed by atoms with Crippen LogP contribution in [0.1, 0.15) is 32.7 Å². The van der Waals surface area contributed by atoms with Crippen LogP contribution in [0.5, 0.6) is 5.75 Å². The van der Waals surface area contributed by atoms with Gasteiger partial charge in [0.05, 0.1) is 19.0 Å². The minimum absolute atomic E-state index is 0.110. The molecule has 4 atom stereocenters. The van der Waals surface area contributed by atoms with Gasteiger partial charge in [0.1, 0.15) is 18.1 Å². The molecular formula is C19H22N4O8. The largest absolute Gasteiger partial charge is 0.486 e. The van der Waals surface area contributed by atoms with Crippen LogP contribution < -0.4 is 4.74 Å². The van der Waals surface area contributed by atoms with E-state index in [1.165, 1.54) is 25.5 Å². The molecule has 1 aliphatic heterocycles. The highest BCUT2D eigenvalue weighted by Gasteiger charge is 2.48. The van der Waals surface area contributed by atoms with Gasteiger partial charge in [0.15, 0.2) is 24.5 Å². The molecule has 3 rings (SSSR count). The third-order valence-corrected chi connectivity index (χ3v) is 4.16. The highest BCUT2D eigenvalue weighted by Crippen LogP contribution is 2.30. The molecule has 0 amide bonds. The molecule has 0 bridgehead atoms. The molecule has 0 radical (unpaired) electrons. The van der Waals surface area contributed by atoms with Gasteiger partial charge >= 0.3 is 17.9 Å². The maximum Gasteiger partial charge on any atom is 0.303 e. The van der Waals surface area contributed by atoms with Crippen LogP contribution in [0.4, 0.5) is 0 Å². The molecule has 0 aromatic carbocycles. The number of aromatic nitrogens is 4. The van der Waals surface area contributed by atoms with Crippen molar-refractivity contribution in [3.8, 4) is 5.75 Å². The summed E-state index contributed by atoms with van der Waals surface area (Å²) >= 11 is 0. The second-order valence-electron chi connectivity index (χ2n) is 6.69. The van der Waals surface area contributed by atoms with Crippen LogP contribution in [0.3, 0.4) is 0 Å². The molecule has 1 fully saturated rings. The van der Waals surface area contributed by atoms with Crippen molar-refractivity contribution < 1.29 is 38.1 Å². The van der Waals surface area contributed by atoms with E-state index in [0.29, 0.717) is 11.4 Å². The summed E-state index contributed by atoms with van der Waals surface area (Å²) in [5, 5.41) is 8.04. The average molecular weight is 434 g/mol. The third kappa shape index (κ3) is 5.98. The zero-order valence-corrected chi connectivity index (χ0v) is 17.2. The van der Waals surface area contributed by atoms with Gasteiger partial charge in [0.25, 0.3) is 0 Å². The second-order valence-corrected chi connectivity index (χ2v) is 6.69. The SMILES string of the molecule is CC(=O)OC1COC(n2cc(COc3cccnc3)nn2)C(OC(C)=O)C1OC(C)=O. The smallest absolute Gasteiger partial charge is 0.303 e. The number of ether oxygens (including phenoxy) is 5. The fourth-order valence-electron chi connectivity index (χ4n) is 3.04. The fourth-order valence-corrected chi connectivity index (χ4v) is 3.04. The van der Waals surface area contributed by atoms with Gasteiger partial charge in [-0.05, 0) is 12.1 Å². The van der Waals surface area contributed by atoms with E-state index < -0.39 is 42.4 Å². The molecule has 0 spiro atoms. The van der Waals surface area contributed by atoms with E-state index in [1.54, 1.807) is 30.7 Å². The first-order valence-electron chi connectivity index (χ1n) is 9.40. The Morgan fingerprint density at radius 1 is 1.10 bits per heavy atom. The van der Waals surface area contributed by atoms with E-state index in [2.05, 4.69) is 15.3 Å². The molecular weight excluding hydrogens is 412 g/mol. The lowest BCUT2D eigenvalue weighted by Gasteiger charge is -2.40. The average Bonchev–Trinajstić information content (AvgIpc) is 3.17. The highest BCUT2D eigenvalue weighted by atomic mass is 16.6. The second kappa shape index (κ2) is 9.98. The van der Waals surface area contributed by atoms with Gasteiger partial charge in [0.2, 0.25) is 0 Å². The molecule has 0 N–H and O–H groups in total. The lowest BCUT2D eigenvalue weighted by molar-refractivity contribution is -0.241. The Labute approximate surface area is 177 Å². The lowest BCUT2D eigenvalue weighted by atomic mass is 10.0. The molecule has 166 valence electrons. The number of pyridine rings is 1. The number of hydrogen-bond donors (Lipinski definition) is 0. The molecule has 2 aromatic heterocycles. The first kappa shape index (κ1) is 22.2. The van der Waals surface area contributed by atoms with Crippen LogP contribution >= 0.6 is 0 Å². The van der Waals surface area contributed by atoms with E-state index in [0.717, 1.165) is 0 Å². The van der Waals surface area contributed by atoms with Crippen molar-refractivity contribution >= 4 is 17.9 Å². The van der Waals surface area contributed by atoms with Crippen LogP contribution in [0.2, 0.25) is 0 Å². The van der Waals surface area contributed by atoms with Gasteiger partial charge in [-0.1, -0.05) is 5.21 Å². The van der Waals surface area contributed by atoms with Crippen molar-refractivity contribution in [3.63, 3.8) is 0 Å². The van der Waals surface area contributed by atoms with E-state index >= 15 is 0 Å². The first-order valence-corrected chi connectivity index (χ1v) is 9.40. The molecule has 4 unspecified atom stereocenters. The number of carbonyl (C=O) groups excluding carboxylic acids is 3. The number of nitrogens with zero attached hydrogens (tertiary/aromatic N) is 4. The zero-order chi connectivity index (χ0) is 22.4. The van der Waals surface area contributed by atoms with Gasteiger partial charge in [-0.3, -0.25) is 19.4 Å². The molecule has 0 aliphatic carbocycles. The Hall–Kier alpha value is -3.54. The minimum atomic E-state index is -1.13. The summed E-state index contributed by atoms with van der Waals surface area (Å²) in [6.45, 7) is 3.61. The Kier molecular flexibility index (Phi) is 7.13. The summed E-state index contributed by atoms with van der Waals surface area (Å²) in [7, 11) is 0. The molecule has 3 heterocycles. The first-order chi connectivity index (χ1) is 14.8. The third-order valence-electron chi connectivity index (χ3n) is 4.16. The molecule has 2 aromatic rings. The van der Waals surface area contributed by atoms with E-state index in [4.69, 9.17) is 23.7 Å². The zero-order valence-electron chi connectivity index (χ0n) is 17.2. The van der Waals surface area contributed by atoms with Gasteiger partial charge in [0, 0.05) is 27.0 Å². The van der Waals surface area contributed by atoms with Crippen molar-refractivity contribution in [2.45, 2.75) is 51.9 Å². The Morgan fingerprint density at radius 2 is 1.81 bits per heavy atom. The highest BCUT2D eigenvalue weighted by molar-refractivity contribution is 5.68. The molecule has 12 nitrogen and oxygen atoms in total. The summed E-state index contributed by atoms with van der Waals surface area (Å²) in [5.74, 6) is -1.31. The van der Waals surface area contributed by atoms with E-state index in [-0.39, 0.29) is 13.2 Å². The van der Waals surface area contributed by atoms with Crippen molar-refractivity contribution in [1.29, 1.82) is 0 Å². The van der Waals surface area contributed by atoms with Crippen LogP contribution in [0.25, 0.3) is 0 Å². The van der Waals surface area contributed by atoms with Gasteiger partial charge in [-0.15, -0.1) is 5.10 Å². The predicted molar refractivity (Wildman–Crippen MR) is 100 cm³/mol. The molecule has 1 saturated heterocycles. The van der Waals surface area contributed by atoms with Gasteiger partial charge in [-0.25, -0.2) is 4.68 Å². The Morgan fingerprint density at radius 3 is 2.45 bits per heavy atom. The monoisotopic (exact) mass is 434 g/mol. The summed E-state index contributed by atoms with van der Waals surface area (Å²) in [5.41, 5.74) is 0.472. The van der Waals surface area contributed by atoms with Gasteiger partial charge < -0.3 is 23.7 Å². The lowest BCUT2D eigenvalue weighted by Crippen LogP contribution is -2.55. The van der Waals surface area contributed by atoms with E-state index in [9.17, 15) is 14.4 Å². The summed E-state index contributed by atoms with van der Waals surface area (Å²) in [6.07, 6.45) is 0.579. The van der Waals surface area contributed by atoms with Crippen molar-refractivity contribution in [2.24, 2.45) is 0 Å². The number of esters is 3. The summed E-state index contributed by atoms with van der Waals surface area (Å²) in [6, 6.07) is 3.48. The van der Waals surface area contributed by atoms with Crippen LogP contribution in [0.15, 0.2) is 30.7 Å². The van der Waals surface area contributed by atoms with Crippen molar-refractivity contribution in [3.05, 3.63) is 36.4 Å². The molecule has 12 heteroatoms. The normalized spacial score (nSPS) is 22.9. The fraction of sp³-hybridized carbons (Fsp3) is 0.474. The minimum Gasteiger partial charge on any atom is -0.486 e. The standard InChI is InChI=1S/C19H22N4O8/c1-11(24)29-16-10-28-19(18(31-13(3)26)17(16)30-12(2)25)23-8-14(21-22-23)9-27-15-5-4-6-20-7-15/h4-8,16-19H,9-10H2,1-3H3. The van der Waals surface area contributed by atoms with Crippen molar-refractivity contribution in [1.82, 2.24) is 20.0 Å².